The maximum absolute atomic E-state index is 13.1. The number of amides is 2. The Kier molecular flexibility index (Phi) is 5.42. The smallest absolute Gasteiger partial charge is 0.269 e. The molecule has 0 aromatic heterocycles. The van der Waals surface area contributed by atoms with Crippen LogP contribution >= 0.6 is 11.8 Å². The second-order valence-corrected chi connectivity index (χ2v) is 7.57. The van der Waals surface area contributed by atoms with E-state index in [2.05, 4.69) is 0 Å². The van der Waals surface area contributed by atoms with Gasteiger partial charge in [0.2, 0.25) is 6.79 Å². The monoisotopic (exact) mass is 428 g/mol. The van der Waals surface area contributed by atoms with Crippen molar-refractivity contribution in [3.8, 4) is 11.5 Å². The molecule has 0 saturated carbocycles. The van der Waals surface area contributed by atoms with Crippen LogP contribution in [0.3, 0.4) is 0 Å². The van der Waals surface area contributed by atoms with Gasteiger partial charge in [-0.05, 0) is 35.4 Å². The highest BCUT2D eigenvalue weighted by molar-refractivity contribution is 8.04. The zero-order chi connectivity index (χ0) is 21.3. The van der Waals surface area contributed by atoms with Gasteiger partial charge in [-0.25, -0.2) is 0 Å². The zero-order valence-electron chi connectivity index (χ0n) is 15.6. The average molecular weight is 428 g/mol. The largest absolute Gasteiger partial charge is 0.454 e. The topological polar surface area (TPSA) is 119 Å². The fourth-order valence-corrected chi connectivity index (χ4v) is 4.08. The zero-order valence-corrected chi connectivity index (χ0v) is 16.4. The minimum Gasteiger partial charge on any atom is -0.454 e. The Morgan fingerprint density at radius 3 is 2.50 bits per heavy atom. The van der Waals surface area contributed by atoms with Crippen molar-refractivity contribution in [3.05, 3.63) is 68.6 Å². The number of imide groups is 1. The maximum atomic E-state index is 13.1. The summed E-state index contributed by atoms with van der Waals surface area (Å²) in [5, 5.41) is 20.1. The average Bonchev–Trinajstić information content (AvgIpc) is 3.30. The first-order valence-corrected chi connectivity index (χ1v) is 9.95. The van der Waals surface area contributed by atoms with E-state index in [1.807, 2.05) is 0 Å². The van der Waals surface area contributed by atoms with Gasteiger partial charge in [-0.1, -0.05) is 6.07 Å². The molecule has 0 spiro atoms. The Balaban J connectivity index is 1.65. The summed E-state index contributed by atoms with van der Waals surface area (Å²) in [5.74, 6) is 0.422. The van der Waals surface area contributed by atoms with Crippen molar-refractivity contribution < 1.29 is 29.1 Å². The van der Waals surface area contributed by atoms with Gasteiger partial charge in [-0.3, -0.25) is 24.6 Å². The minimum atomic E-state index is -0.535. The number of nitrogens with zero attached hydrogens (tertiary/aromatic N) is 2. The Morgan fingerprint density at radius 2 is 1.80 bits per heavy atom. The Labute approximate surface area is 175 Å². The third-order valence-electron chi connectivity index (χ3n) is 4.61. The molecule has 1 N–H and O–H groups in total. The lowest BCUT2D eigenvalue weighted by Gasteiger charge is -2.15. The van der Waals surface area contributed by atoms with Crippen LogP contribution in [0, 0.1) is 10.1 Å². The number of thioether (sulfide) groups is 1. The van der Waals surface area contributed by atoms with Gasteiger partial charge < -0.3 is 14.6 Å². The highest BCUT2D eigenvalue weighted by Gasteiger charge is 2.39. The van der Waals surface area contributed by atoms with Gasteiger partial charge >= 0.3 is 0 Å². The first kappa shape index (κ1) is 19.9. The van der Waals surface area contributed by atoms with E-state index in [0.29, 0.717) is 22.6 Å². The van der Waals surface area contributed by atoms with Gasteiger partial charge in [-0.2, -0.15) is 0 Å². The summed E-state index contributed by atoms with van der Waals surface area (Å²) in [6, 6.07) is 10.6. The SMILES string of the molecule is O=C1C(SCCO)=C(c2ccc([N+](=O)[O-])cc2)C(=O)N1Cc1ccc2c(c1)OCO2. The molecule has 154 valence electrons. The van der Waals surface area contributed by atoms with Crippen molar-refractivity contribution in [2.75, 3.05) is 19.2 Å². The molecule has 4 rings (SSSR count). The molecular weight excluding hydrogens is 412 g/mol. The van der Waals surface area contributed by atoms with Gasteiger partial charge in [0.05, 0.1) is 28.6 Å². The molecule has 0 unspecified atom stereocenters. The third kappa shape index (κ3) is 3.62. The Bertz CT molecular complexity index is 1070. The molecule has 0 aliphatic carbocycles. The van der Waals surface area contributed by atoms with Crippen LogP contribution < -0.4 is 9.47 Å². The van der Waals surface area contributed by atoms with E-state index in [1.54, 1.807) is 18.2 Å². The normalized spacial score (nSPS) is 15.3. The molecular formula is C20H16N2O7S. The summed E-state index contributed by atoms with van der Waals surface area (Å²) in [6.07, 6.45) is 0. The molecule has 2 aliphatic heterocycles. The summed E-state index contributed by atoms with van der Waals surface area (Å²) >= 11 is 1.08. The minimum absolute atomic E-state index is 0.0357. The van der Waals surface area contributed by atoms with Crippen LogP contribution in [-0.4, -0.2) is 45.9 Å². The third-order valence-corrected chi connectivity index (χ3v) is 5.66. The molecule has 0 bridgehead atoms. The number of ether oxygens (including phenoxy) is 2. The Morgan fingerprint density at radius 1 is 1.07 bits per heavy atom. The van der Waals surface area contributed by atoms with Crippen molar-refractivity contribution in [1.82, 2.24) is 4.90 Å². The summed E-state index contributed by atoms with van der Waals surface area (Å²) in [4.78, 5) is 37.8. The number of fused-ring (bicyclic) bond motifs is 1. The molecule has 30 heavy (non-hydrogen) atoms. The fraction of sp³-hybridized carbons (Fsp3) is 0.200. The van der Waals surface area contributed by atoms with Gasteiger partial charge in [-0.15, -0.1) is 11.8 Å². The van der Waals surface area contributed by atoms with Gasteiger partial charge in [0, 0.05) is 17.9 Å². The van der Waals surface area contributed by atoms with E-state index in [4.69, 9.17) is 14.6 Å². The lowest BCUT2D eigenvalue weighted by atomic mass is 10.1. The highest BCUT2D eigenvalue weighted by Crippen LogP contribution is 2.38. The lowest BCUT2D eigenvalue weighted by molar-refractivity contribution is -0.384. The van der Waals surface area contributed by atoms with Gasteiger partial charge in [0.1, 0.15) is 0 Å². The van der Waals surface area contributed by atoms with Crippen LogP contribution in [0.15, 0.2) is 47.4 Å². The second kappa shape index (κ2) is 8.17. The number of benzene rings is 2. The summed E-state index contributed by atoms with van der Waals surface area (Å²) in [5.41, 5.74) is 1.16. The second-order valence-electron chi connectivity index (χ2n) is 6.46. The predicted molar refractivity (Wildman–Crippen MR) is 108 cm³/mol. The number of nitro benzene ring substituents is 1. The first-order valence-electron chi connectivity index (χ1n) is 8.97. The molecule has 2 aromatic carbocycles. The maximum Gasteiger partial charge on any atom is 0.269 e. The number of rotatable bonds is 7. The van der Waals surface area contributed by atoms with E-state index < -0.39 is 16.7 Å². The molecule has 0 atom stereocenters. The number of hydrogen-bond donors (Lipinski definition) is 1. The molecule has 0 fully saturated rings. The highest BCUT2D eigenvalue weighted by atomic mass is 32.2. The summed E-state index contributed by atoms with van der Waals surface area (Å²) in [7, 11) is 0. The van der Waals surface area contributed by atoms with Gasteiger partial charge in [0.25, 0.3) is 17.5 Å². The lowest BCUT2D eigenvalue weighted by Crippen LogP contribution is -2.31. The molecule has 2 amide bonds. The van der Waals surface area contributed by atoms with E-state index >= 15 is 0 Å². The first-order chi connectivity index (χ1) is 14.5. The summed E-state index contributed by atoms with van der Waals surface area (Å²) in [6.45, 7) is -0.00648. The van der Waals surface area contributed by atoms with Crippen molar-refractivity contribution >= 4 is 34.8 Å². The van der Waals surface area contributed by atoms with Crippen molar-refractivity contribution in [3.63, 3.8) is 0 Å². The fourth-order valence-electron chi connectivity index (χ4n) is 3.21. The standard InChI is InChI=1S/C20H16N2O7S/c23-7-8-30-18-17(13-2-4-14(5-3-13)22(26)27)19(24)21(20(18)25)10-12-1-6-15-16(9-12)29-11-28-15/h1-6,9,23H,7-8,10-11H2. The van der Waals surface area contributed by atoms with Gasteiger partial charge in [0.15, 0.2) is 11.5 Å². The number of aliphatic hydroxyl groups is 1. The molecule has 2 aromatic rings. The number of non-ortho nitro benzene ring substituents is 1. The van der Waals surface area contributed by atoms with Crippen LogP contribution in [0.25, 0.3) is 5.57 Å². The van der Waals surface area contributed by atoms with Crippen LogP contribution in [0.2, 0.25) is 0 Å². The predicted octanol–water partition coefficient (Wildman–Crippen LogP) is 2.33. The van der Waals surface area contributed by atoms with Crippen LogP contribution in [0.1, 0.15) is 11.1 Å². The van der Waals surface area contributed by atoms with E-state index in [-0.39, 0.29) is 41.9 Å². The summed E-state index contributed by atoms with van der Waals surface area (Å²) < 4.78 is 10.6. The number of aliphatic hydroxyl groups excluding tert-OH is 1. The molecule has 2 aliphatic rings. The molecule has 10 heteroatoms. The van der Waals surface area contributed by atoms with Crippen molar-refractivity contribution in [2.24, 2.45) is 0 Å². The van der Waals surface area contributed by atoms with E-state index in [0.717, 1.165) is 16.7 Å². The molecule has 2 heterocycles. The van der Waals surface area contributed by atoms with Crippen LogP contribution in [-0.2, 0) is 16.1 Å². The quantitative estimate of drug-likeness (QED) is 0.405. The number of carbonyl (C=O) groups is 2. The number of nitro groups is 1. The molecule has 0 saturated heterocycles. The van der Waals surface area contributed by atoms with E-state index in [1.165, 1.54) is 24.3 Å². The molecule has 9 nitrogen and oxygen atoms in total. The number of hydrogen-bond acceptors (Lipinski definition) is 8. The van der Waals surface area contributed by atoms with Crippen molar-refractivity contribution in [1.29, 1.82) is 0 Å². The Hall–Kier alpha value is -3.37. The number of carbonyl (C=O) groups excluding carboxylic acids is 2. The van der Waals surface area contributed by atoms with Crippen molar-refractivity contribution in [2.45, 2.75) is 6.54 Å². The van der Waals surface area contributed by atoms with E-state index in [9.17, 15) is 19.7 Å². The molecule has 0 radical (unpaired) electrons. The van der Waals surface area contributed by atoms with Crippen LogP contribution in [0.4, 0.5) is 5.69 Å². The van der Waals surface area contributed by atoms with Crippen LogP contribution in [0.5, 0.6) is 11.5 Å².